The molecule has 2 aromatic rings. The van der Waals surface area contributed by atoms with Crippen molar-refractivity contribution >= 4 is 10.2 Å². The zero-order valence-electron chi connectivity index (χ0n) is 8.34. The van der Waals surface area contributed by atoms with Gasteiger partial charge in [0.15, 0.2) is 4.90 Å². The van der Waals surface area contributed by atoms with Crippen molar-refractivity contribution in [2.75, 3.05) is 0 Å². The molecule has 17 heavy (non-hydrogen) atoms. The van der Waals surface area contributed by atoms with Crippen LogP contribution in [0.4, 0.5) is 8.28 Å². The Kier molecular flexibility index (Phi) is 2.84. The van der Waals surface area contributed by atoms with E-state index in [4.69, 9.17) is 0 Å². The number of rotatable bonds is 2. The molecule has 2 aromatic heterocycles. The van der Waals surface area contributed by atoms with Gasteiger partial charge in [-0.05, 0) is 24.3 Å². The third-order valence-electron chi connectivity index (χ3n) is 2.03. The molecule has 0 radical (unpaired) electrons. The summed E-state index contributed by atoms with van der Waals surface area (Å²) < 4.78 is 47.0. The molecule has 0 aromatic carbocycles. The van der Waals surface area contributed by atoms with Gasteiger partial charge in [0.1, 0.15) is 0 Å². The molecule has 7 heteroatoms. The van der Waals surface area contributed by atoms with Crippen LogP contribution in [-0.2, 0) is 10.2 Å². The van der Waals surface area contributed by atoms with Crippen molar-refractivity contribution in [2.45, 2.75) is 4.90 Å². The smallest absolute Gasteiger partial charge is 0.264 e. The predicted octanol–water partition coefficient (Wildman–Crippen LogP) is 1.94. The van der Waals surface area contributed by atoms with Crippen LogP contribution in [0.2, 0.25) is 0 Å². The van der Waals surface area contributed by atoms with Crippen LogP contribution in [0, 0.1) is 5.95 Å². The standard InChI is InChI=1S/C10H6F2N2O2S/c11-10-9(17(12,15)16)4-3-8(14-10)7-2-1-5-13-6-7/h1-6H. The Morgan fingerprint density at radius 1 is 1.18 bits per heavy atom. The van der Waals surface area contributed by atoms with Crippen molar-refractivity contribution in [1.29, 1.82) is 0 Å². The maximum Gasteiger partial charge on any atom is 0.336 e. The molecular formula is C10H6F2N2O2S. The lowest BCUT2D eigenvalue weighted by atomic mass is 10.2. The Labute approximate surface area is 96.2 Å². The lowest BCUT2D eigenvalue weighted by Crippen LogP contribution is -2.00. The van der Waals surface area contributed by atoms with E-state index in [1.165, 1.54) is 18.5 Å². The van der Waals surface area contributed by atoms with Crippen LogP contribution < -0.4 is 0 Å². The zero-order chi connectivity index (χ0) is 12.5. The van der Waals surface area contributed by atoms with Crippen molar-refractivity contribution in [3.8, 4) is 11.3 Å². The Morgan fingerprint density at radius 2 is 1.94 bits per heavy atom. The largest absolute Gasteiger partial charge is 0.336 e. The second-order valence-corrected chi connectivity index (χ2v) is 4.48. The van der Waals surface area contributed by atoms with Gasteiger partial charge < -0.3 is 0 Å². The van der Waals surface area contributed by atoms with Gasteiger partial charge in [0.2, 0.25) is 5.95 Å². The molecule has 0 N–H and O–H groups in total. The van der Waals surface area contributed by atoms with Gasteiger partial charge in [-0.1, -0.05) is 0 Å². The predicted molar refractivity (Wildman–Crippen MR) is 55.7 cm³/mol. The maximum absolute atomic E-state index is 13.3. The fourth-order valence-corrected chi connectivity index (χ4v) is 1.76. The molecule has 0 spiro atoms. The summed E-state index contributed by atoms with van der Waals surface area (Å²) in [5, 5.41) is 0. The van der Waals surface area contributed by atoms with Gasteiger partial charge in [0.05, 0.1) is 5.69 Å². The minimum atomic E-state index is -5.09. The normalized spacial score (nSPS) is 11.4. The van der Waals surface area contributed by atoms with E-state index < -0.39 is 21.1 Å². The summed E-state index contributed by atoms with van der Waals surface area (Å²) in [7, 11) is -5.09. The highest BCUT2D eigenvalue weighted by Gasteiger charge is 2.19. The van der Waals surface area contributed by atoms with E-state index in [-0.39, 0.29) is 5.69 Å². The van der Waals surface area contributed by atoms with Crippen molar-refractivity contribution < 1.29 is 16.7 Å². The Morgan fingerprint density at radius 3 is 2.47 bits per heavy atom. The number of halogens is 2. The van der Waals surface area contributed by atoms with E-state index >= 15 is 0 Å². The molecule has 0 saturated heterocycles. The third-order valence-corrected chi connectivity index (χ3v) is 2.86. The highest BCUT2D eigenvalue weighted by atomic mass is 32.3. The van der Waals surface area contributed by atoms with Gasteiger partial charge in [-0.25, -0.2) is 4.98 Å². The molecule has 0 aliphatic heterocycles. The van der Waals surface area contributed by atoms with E-state index in [0.717, 1.165) is 6.07 Å². The summed E-state index contributed by atoms with van der Waals surface area (Å²) in [6, 6.07) is 5.29. The highest BCUT2D eigenvalue weighted by Crippen LogP contribution is 2.21. The van der Waals surface area contributed by atoms with Gasteiger partial charge in [0, 0.05) is 18.0 Å². The minimum absolute atomic E-state index is 0.183. The average Bonchev–Trinajstić information content (AvgIpc) is 2.28. The monoisotopic (exact) mass is 256 g/mol. The number of pyridine rings is 2. The fourth-order valence-electron chi connectivity index (χ4n) is 1.28. The minimum Gasteiger partial charge on any atom is -0.264 e. The van der Waals surface area contributed by atoms with Gasteiger partial charge in [0.25, 0.3) is 0 Å². The van der Waals surface area contributed by atoms with Crippen LogP contribution in [0.3, 0.4) is 0 Å². The second kappa shape index (κ2) is 4.17. The number of hydrogen-bond donors (Lipinski definition) is 0. The quantitative estimate of drug-likeness (QED) is 0.608. The topological polar surface area (TPSA) is 59.9 Å². The SMILES string of the molecule is O=S(=O)(F)c1ccc(-c2cccnc2)nc1F. The number of aromatic nitrogens is 2. The molecule has 0 aliphatic carbocycles. The Balaban J connectivity index is 2.53. The molecule has 88 valence electrons. The summed E-state index contributed by atoms with van der Waals surface area (Å²) in [6.45, 7) is 0. The van der Waals surface area contributed by atoms with Gasteiger partial charge in [-0.3, -0.25) is 4.98 Å². The molecule has 2 heterocycles. The maximum atomic E-state index is 13.3. The van der Waals surface area contributed by atoms with Crippen LogP contribution >= 0.6 is 0 Å². The van der Waals surface area contributed by atoms with E-state index in [0.29, 0.717) is 5.56 Å². The number of nitrogens with zero attached hydrogens (tertiary/aromatic N) is 2. The highest BCUT2D eigenvalue weighted by molar-refractivity contribution is 7.86. The first kappa shape index (κ1) is 11.6. The van der Waals surface area contributed by atoms with Crippen molar-refractivity contribution in [3.05, 3.63) is 42.6 Å². The zero-order valence-corrected chi connectivity index (χ0v) is 9.16. The summed E-state index contributed by atoms with van der Waals surface area (Å²) in [5.41, 5.74) is 0.692. The molecule has 0 fully saturated rings. The van der Waals surface area contributed by atoms with Crippen LogP contribution in [0.5, 0.6) is 0 Å². The summed E-state index contributed by atoms with van der Waals surface area (Å²) in [4.78, 5) is 6.13. The van der Waals surface area contributed by atoms with Gasteiger partial charge >= 0.3 is 10.2 Å². The van der Waals surface area contributed by atoms with Gasteiger partial charge in [-0.15, -0.1) is 3.89 Å². The van der Waals surface area contributed by atoms with E-state index in [2.05, 4.69) is 9.97 Å². The molecule has 0 saturated carbocycles. The third kappa shape index (κ3) is 2.44. The average molecular weight is 256 g/mol. The lowest BCUT2D eigenvalue weighted by Gasteiger charge is -2.01. The van der Waals surface area contributed by atoms with Crippen LogP contribution in [-0.4, -0.2) is 18.4 Å². The molecule has 2 rings (SSSR count). The Bertz CT molecular complexity index is 645. The summed E-state index contributed by atoms with van der Waals surface area (Å²) >= 11 is 0. The molecule has 0 atom stereocenters. The van der Waals surface area contributed by atoms with Crippen LogP contribution in [0.25, 0.3) is 11.3 Å². The first-order chi connectivity index (χ1) is 7.98. The molecule has 0 bridgehead atoms. The molecule has 0 unspecified atom stereocenters. The second-order valence-electron chi connectivity index (χ2n) is 3.16. The fraction of sp³-hybridized carbons (Fsp3) is 0. The molecule has 4 nitrogen and oxygen atoms in total. The van der Waals surface area contributed by atoms with Crippen molar-refractivity contribution in [1.82, 2.24) is 9.97 Å². The van der Waals surface area contributed by atoms with Crippen LogP contribution in [0.1, 0.15) is 0 Å². The Hall–Kier alpha value is -1.89. The van der Waals surface area contributed by atoms with Crippen molar-refractivity contribution in [3.63, 3.8) is 0 Å². The lowest BCUT2D eigenvalue weighted by molar-refractivity contribution is 0.518. The molecule has 0 amide bonds. The van der Waals surface area contributed by atoms with Crippen molar-refractivity contribution in [2.24, 2.45) is 0 Å². The first-order valence-electron chi connectivity index (χ1n) is 4.50. The molecular weight excluding hydrogens is 250 g/mol. The van der Waals surface area contributed by atoms with E-state index in [9.17, 15) is 16.7 Å². The summed E-state index contributed by atoms with van der Waals surface area (Å²) in [5.74, 6) is -1.37. The van der Waals surface area contributed by atoms with E-state index in [1.54, 1.807) is 12.1 Å². The van der Waals surface area contributed by atoms with E-state index in [1.807, 2.05) is 0 Å². The first-order valence-corrected chi connectivity index (χ1v) is 5.88. The number of hydrogen-bond acceptors (Lipinski definition) is 4. The van der Waals surface area contributed by atoms with Crippen LogP contribution in [0.15, 0.2) is 41.6 Å². The van der Waals surface area contributed by atoms with Gasteiger partial charge in [-0.2, -0.15) is 12.8 Å². The summed E-state index contributed by atoms with van der Waals surface area (Å²) in [6.07, 6.45) is 2.96. The molecule has 0 aliphatic rings.